The summed E-state index contributed by atoms with van der Waals surface area (Å²) in [6.45, 7) is 17.4. The van der Waals surface area contributed by atoms with Crippen LogP contribution in [-0.4, -0.2) is 26.5 Å². The van der Waals surface area contributed by atoms with E-state index >= 15 is 0 Å². The van der Waals surface area contributed by atoms with E-state index in [1.807, 2.05) is 31.7 Å². The van der Waals surface area contributed by atoms with Crippen LogP contribution in [0.5, 0.6) is 0 Å². The molecule has 0 spiro atoms. The van der Waals surface area contributed by atoms with Crippen molar-refractivity contribution in [3.8, 4) is 0 Å². The average Bonchev–Trinajstić information content (AvgIpc) is 2.56. The Kier molecular flexibility index (Phi) is 8.37. The number of thioether (sulfide) groups is 1. The second-order valence-corrected chi connectivity index (χ2v) is 15.0. The largest absolute Gasteiger partial charge is 0.413 e. The van der Waals surface area contributed by atoms with Crippen molar-refractivity contribution >= 4 is 26.4 Å². The van der Waals surface area contributed by atoms with Crippen LogP contribution < -0.4 is 0 Å². The third-order valence-corrected chi connectivity index (χ3v) is 11.0. The number of hydrogen-bond acceptors (Lipinski definition) is 3. The maximum Gasteiger partial charge on any atom is 0.192 e. The quantitative estimate of drug-likeness (QED) is 0.202. The van der Waals surface area contributed by atoms with Crippen LogP contribution in [0.15, 0.2) is 46.9 Å². The number of aldehydes is 1. The molecule has 0 fully saturated rings. The molecule has 0 saturated carbocycles. The monoisotopic (exact) mass is 392 g/mol. The number of carbonyl (C=O) groups excluding carboxylic acids is 1. The first-order valence-electron chi connectivity index (χ1n) is 9.37. The van der Waals surface area contributed by atoms with Crippen LogP contribution in [-0.2, 0) is 9.22 Å². The lowest BCUT2D eigenvalue weighted by Crippen LogP contribution is -2.48. The van der Waals surface area contributed by atoms with Crippen molar-refractivity contribution in [1.29, 1.82) is 0 Å². The fourth-order valence-electron chi connectivity index (χ4n) is 2.19. The molecule has 1 aromatic rings. The number of rotatable bonds is 9. The van der Waals surface area contributed by atoms with E-state index < -0.39 is 13.7 Å². The molecule has 1 atom stereocenters. The zero-order chi connectivity index (χ0) is 20.0. The van der Waals surface area contributed by atoms with Gasteiger partial charge in [-0.1, -0.05) is 64.5 Å². The predicted octanol–water partition coefficient (Wildman–Crippen LogP) is 6.73. The highest BCUT2D eigenvalue weighted by molar-refractivity contribution is 7.99. The molecule has 1 aromatic carbocycles. The molecule has 1 rings (SSSR count). The van der Waals surface area contributed by atoms with Crippen LogP contribution >= 0.6 is 11.8 Å². The Morgan fingerprint density at radius 1 is 1.15 bits per heavy atom. The molecule has 26 heavy (non-hydrogen) atoms. The van der Waals surface area contributed by atoms with Gasteiger partial charge in [0.05, 0.1) is 6.10 Å². The van der Waals surface area contributed by atoms with Crippen molar-refractivity contribution in [3.05, 3.63) is 42.0 Å². The molecule has 0 aliphatic rings. The first-order valence-corrected chi connectivity index (χ1v) is 13.3. The van der Waals surface area contributed by atoms with E-state index in [4.69, 9.17) is 4.43 Å². The summed E-state index contributed by atoms with van der Waals surface area (Å²) >= 11 is 1.84. The van der Waals surface area contributed by atoms with Crippen molar-refractivity contribution in [2.24, 2.45) is 5.41 Å². The van der Waals surface area contributed by atoms with Crippen molar-refractivity contribution in [2.75, 3.05) is 5.75 Å². The van der Waals surface area contributed by atoms with Crippen molar-refractivity contribution in [3.63, 3.8) is 0 Å². The van der Waals surface area contributed by atoms with Crippen LogP contribution in [0.25, 0.3) is 0 Å². The van der Waals surface area contributed by atoms with E-state index in [0.717, 1.165) is 18.5 Å². The van der Waals surface area contributed by atoms with Gasteiger partial charge in [-0.25, -0.2) is 0 Å². The second kappa shape index (κ2) is 9.38. The topological polar surface area (TPSA) is 26.3 Å². The Morgan fingerprint density at radius 2 is 1.73 bits per heavy atom. The van der Waals surface area contributed by atoms with Gasteiger partial charge in [-0.2, -0.15) is 0 Å². The number of hydrogen-bond donors (Lipinski definition) is 0. The first kappa shape index (κ1) is 23.2. The SMILES string of the molecule is C/C(=C/C[C@H](O[Si](C)(C)C(C)(C)C)C(C)(C)C=O)CSc1ccccc1. The summed E-state index contributed by atoms with van der Waals surface area (Å²) in [7, 11) is -1.93. The lowest BCUT2D eigenvalue weighted by Gasteiger charge is -2.42. The summed E-state index contributed by atoms with van der Waals surface area (Å²) in [6, 6.07) is 10.4. The molecule has 0 amide bonds. The van der Waals surface area contributed by atoms with E-state index in [0.29, 0.717) is 0 Å². The molecule has 146 valence electrons. The summed E-state index contributed by atoms with van der Waals surface area (Å²) < 4.78 is 6.63. The second-order valence-electron chi connectivity index (χ2n) is 9.19. The fraction of sp³-hybridized carbons (Fsp3) is 0.591. The summed E-state index contributed by atoms with van der Waals surface area (Å²) in [5.41, 5.74) is 0.836. The highest BCUT2D eigenvalue weighted by atomic mass is 32.2. The molecule has 0 radical (unpaired) electrons. The zero-order valence-corrected chi connectivity index (χ0v) is 19.6. The van der Waals surface area contributed by atoms with Gasteiger partial charge in [0.1, 0.15) is 6.29 Å². The third kappa shape index (κ3) is 7.05. The molecule has 0 saturated heterocycles. The molecule has 0 aromatic heterocycles. The summed E-state index contributed by atoms with van der Waals surface area (Å²) in [6.07, 6.45) is 3.99. The van der Waals surface area contributed by atoms with Gasteiger partial charge >= 0.3 is 0 Å². The van der Waals surface area contributed by atoms with Crippen LogP contribution in [0.3, 0.4) is 0 Å². The van der Waals surface area contributed by atoms with E-state index in [1.54, 1.807) is 0 Å². The Labute approximate surface area is 165 Å². The standard InChI is InChI=1S/C22H36O2SSi/c1-18(16-25-19-12-10-9-11-13-19)14-15-20(22(5,6)17-23)24-26(7,8)21(2,3)4/h9-14,17,20H,15-16H2,1-8H3/b18-14-/t20-/m0/s1. The lowest BCUT2D eigenvalue weighted by molar-refractivity contribution is -0.119. The van der Waals surface area contributed by atoms with Crippen LogP contribution in [0.2, 0.25) is 18.1 Å². The fourth-order valence-corrected chi connectivity index (χ4v) is 4.52. The van der Waals surface area contributed by atoms with Gasteiger partial charge in [-0.05, 0) is 43.6 Å². The van der Waals surface area contributed by atoms with E-state index in [1.165, 1.54) is 10.5 Å². The Hall–Kier alpha value is -0.843. The van der Waals surface area contributed by atoms with Crippen LogP contribution in [0.4, 0.5) is 0 Å². The van der Waals surface area contributed by atoms with Crippen molar-refractivity contribution in [2.45, 2.75) is 77.1 Å². The molecular weight excluding hydrogens is 356 g/mol. The summed E-state index contributed by atoms with van der Waals surface area (Å²) in [5.74, 6) is 0.957. The molecule has 0 aliphatic carbocycles. The average molecular weight is 393 g/mol. The van der Waals surface area contributed by atoms with Gasteiger partial charge in [0, 0.05) is 16.1 Å². The molecule has 0 heterocycles. The summed E-state index contributed by atoms with van der Waals surface area (Å²) in [5, 5.41) is 0.131. The van der Waals surface area contributed by atoms with Crippen LogP contribution in [0.1, 0.15) is 48.0 Å². The minimum absolute atomic E-state index is 0.0856. The minimum atomic E-state index is -1.93. The highest BCUT2D eigenvalue weighted by Crippen LogP contribution is 2.40. The normalized spacial score (nSPS) is 15.0. The molecule has 0 aliphatic heterocycles. The van der Waals surface area contributed by atoms with E-state index in [-0.39, 0.29) is 11.1 Å². The van der Waals surface area contributed by atoms with Crippen molar-refractivity contribution in [1.82, 2.24) is 0 Å². The van der Waals surface area contributed by atoms with Gasteiger partial charge in [-0.3, -0.25) is 0 Å². The molecule has 2 nitrogen and oxygen atoms in total. The first-order chi connectivity index (χ1) is 11.9. The van der Waals surface area contributed by atoms with E-state index in [9.17, 15) is 4.79 Å². The maximum absolute atomic E-state index is 11.7. The summed E-state index contributed by atoms with van der Waals surface area (Å²) in [4.78, 5) is 12.9. The molecule has 0 unspecified atom stereocenters. The zero-order valence-electron chi connectivity index (χ0n) is 17.8. The molecule has 0 N–H and O–H groups in total. The third-order valence-electron chi connectivity index (χ3n) is 5.27. The van der Waals surface area contributed by atoms with Crippen LogP contribution in [0, 0.1) is 5.41 Å². The molecular formula is C22H36O2SSi. The molecule has 0 bridgehead atoms. The van der Waals surface area contributed by atoms with Gasteiger partial charge in [0.2, 0.25) is 0 Å². The minimum Gasteiger partial charge on any atom is -0.413 e. The lowest BCUT2D eigenvalue weighted by atomic mass is 9.86. The predicted molar refractivity (Wildman–Crippen MR) is 117 cm³/mol. The Balaban J connectivity index is 2.81. The van der Waals surface area contributed by atoms with E-state index in [2.05, 4.69) is 71.1 Å². The van der Waals surface area contributed by atoms with Gasteiger partial charge < -0.3 is 9.22 Å². The Morgan fingerprint density at radius 3 is 2.23 bits per heavy atom. The van der Waals surface area contributed by atoms with Gasteiger partial charge in [-0.15, -0.1) is 11.8 Å². The van der Waals surface area contributed by atoms with Gasteiger partial charge in [0.15, 0.2) is 8.32 Å². The molecule has 4 heteroatoms. The van der Waals surface area contributed by atoms with Gasteiger partial charge in [0.25, 0.3) is 0 Å². The number of benzene rings is 1. The number of carbonyl (C=O) groups is 1. The Bertz CT molecular complexity index is 600. The highest BCUT2D eigenvalue weighted by Gasteiger charge is 2.42. The maximum atomic E-state index is 11.7. The smallest absolute Gasteiger partial charge is 0.192 e. The van der Waals surface area contributed by atoms with Crippen molar-refractivity contribution < 1.29 is 9.22 Å².